The first-order chi connectivity index (χ1) is 14.5. The van der Waals surface area contributed by atoms with Crippen molar-refractivity contribution < 1.29 is 8.42 Å². The van der Waals surface area contributed by atoms with Gasteiger partial charge in [0.2, 0.25) is 15.2 Å². The summed E-state index contributed by atoms with van der Waals surface area (Å²) in [5.41, 5.74) is 5.45. The molecule has 0 fully saturated rings. The fourth-order valence-electron chi connectivity index (χ4n) is 2.84. The van der Waals surface area contributed by atoms with E-state index in [1.807, 2.05) is 67.8 Å². The van der Waals surface area contributed by atoms with E-state index in [1.54, 1.807) is 24.4 Å². The van der Waals surface area contributed by atoms with Crippen LogP contribution in [-0.4, -0.2) is 37.0 Å². The molecule has 0 radical (unpaired) electrons. The van der Waals surface area contributed by atoms with Crippen molar-refractivity contribution in [2.45, 2.75) is 18.7 Å². The SMILES string of the molecule is CCN(CC)S(=O)(=O)c1cccc(-c2csc(NN=CC=Cc3ccccc3)n2)c1. The van der Waals surface area contributed by atoms with Crippen molar-refractivity contribution in [3.8, 4) is 11.3 Å². The van der Waals surface area contributed by atoms with E-state index in [0.717, 1.165) is 11.1 Å². The molecule has 156 valence electrons. The summed E-state index contributed by atoms with van der Waals surface area (Å²) in [4.78, 5) is 4.78. The van der Waals surface area contributed by atoms with E-state index < -0.39 is 10.0 Å². The standard InChI is InChI=1S/C22H24N4O2S2/c1-3-26(4-2)30(27,28)20-14-8-13-19(16-20)21-17-29-22(24-21)25-23-15-9-12-18-10-6-5-7-11-18/h5-17H,3-4H2,1-2H3,(H,24,25). The van der Waals surface area contributed by atoms with Gasteiger partial charge in [0, 0.05) is 30.2 Å². The van der Waals surface area contributed by atoms with Crippen LogP contribution in [0.1, 0.15) is 19.4 Å². The second-order valence-electron chi connectivity index (χ2n) is 6.31. The lowest BCUT2D eigenvalue weighted by atomic mass is 10.2. The number of hydrogen-bond acceptors (Lipinski definition) is 6. The number of nitrogens with zero attached hydrogens (tertiary/aromatic N) is 3. The first kappa shape index (κ1) is 21.9. The van der Waals surface area contributed by atoms with Crippen molar-refractivity contribution in [3.63, 3.8) is 0 Å². The molecule has 0 aliphatic rings. The van der Waals surface area contributed by atoms with E-state index in [9.17, 15) is 8.42 Å². The number of hydrazone groups is 1. The van der Waals surface area contributed by atoms with E-state index >= 15 is 0 Å². The van der Waals surface area contributed by atoms with Gasteiger partial charge < -0.3 is 0 Å². The number of rotatable bonds is 9. The van der Waals surface area contributed by atoms with Gasteiger partial charge >= 0.3 is 0 Å². The highest BCUT2D eigenvalue weighted by Gasteiger charge is 2.22. The average Bonchev–Trinajstić information content (AvgIpc) is 3.24. The molecule has 6 nitrogen and oxygen atoms in total. The Balaban J connectivity index is 1.69. The molecule has 1 aromatic heterocycles. The predicted octanol–water partition coefficient (Wildman–Crippen LogP) is 4.95. The zero-order chi connectivity index (χ0) is 21.4. The Morgan fingerprint density at radius 2 is 1.87 bits per heavy atom. The first-order valence-corrected chi connectivity index (χ1v) is 11.9. The van der Waals surface area contributed by atoms with Crippen LogP contribution in [0, 0.1) is 0 Å². The number of allylic oxidation sites excluding steroid dienone is 1. The number of thiazole rings is 1. The van der Waals surface area contributed by atoms with E-state index in [2.05, 4.69) is 15.5 Å². The molecule has 0 unspecified atom stereocenters. The fourth-order valence-corrected chi connectivity index (χ4v) is 5.01. The molecule has 30 heavy (non-hydrogen) atoms. The van der Waals surface area contributed by atoms with Crippen LogP contribution in [0.4, 0.5) is 5.13 Å². The first-order valence-electron chi connectivity index (χ1n) is 9.61. The number of anilines is 1. The van der Waals surface area contributed by atoms with Crippen LogP contribution < -0.4 is 5.43 Å². The maximum atomic E-state index is 12.8. The molecular formula is C22H24N4O2S2. The molecule has 0 aliphatic heterocycles. The summed E-state index contributed by atoms with van der Waals surface area (Å²) in [6.45, 7) is 4.53. The van der Waals surface area contributed by atoms with Gasteiger partial charge in [-0.3, -0.25) is 5.43 Å². The summed E-state index contributed by atoms with van der Waals surface area (Å²) in [5, 5.41) is 6.66. The molecule has 0 amide bonds. The molecule has 1 heterocycles. The number of benzene rings is 2. The molecule has 0 saturated heterocycles. The predicted molar refractivity (Wildman–Crippen MR) is 125 cm³/mol. The second kappa shape index (κ2) is 10.3. The lowest BCUT2D eigenvalue weighted by molar-refractivity contribution is 0.445. The third-order valence-electron chi connectivity index (χ3n) is 4.39. The van der Waals surface area contributed by atoms with Crippen LogP contribution in [0.2, 0.25) is 0 Å². The number of aromatic nitrogens is 1. The van der Waals surface area contributed by atoms with Crippen molar-refractivity contribution in [1.82, 2.24) is 9.29 Å². The molecule has 3 aromatic rings. The van der Waals surface area contributed by atoms with Crippen molar-refractivity contribution >= 4 is 38.8 Å². The van der Waals surface area contributed by atoms with Gasteiger partial charge in [-0.05, 0) is 23.8 Å². The Labute approximate surface area is 181 Å². The molecular weight excluding hydrogens is 416 g/mol. The Morgan fingerprint density at radius 1 is 1.10 bits per heavy atom. The summed E-state index contributed by atoms with van der Waals surface area (Å²) in [7, 11) is -3.51. The van der Waals surface area contributed by atoms with Crippen LogP contribution >= 0.6 is 11.3 Å². The number of sulfonamides is 1. The Hall–Kier alpha value is -2.81. The number of nitrogens with one attached hydrogen (secondary N) is 1. The molecule has 3 rings (SSSR count). The third kappa shape index (κ3) is 5.41. The van der Waals surface area contributed by atoms with Crippen LogP contribution in [0.3, 0.4) is 0 Å². The van der Waals surface area contributed by atoms with E-state index in [0.29, 0.717) is 23.9 Å². The van der Waals surface area contributed by atoms with Gasteiger partial charge in [-0.15, -0.1) is 11.3 Å². The highest BCUT2D eigenvalue weighted by molar-refractivity contribution is 7.89. The van der Waals surface area contributed by atoms with Gasteiger partial charge in [-0.1, -0.05) is 62.4 Å². The molecule has 0 aliphatic carbocycles. The lowest BCUT2D eigenvalue weighted by Crippen LogP contribution is -2.30. The minimum absolute atomic E-state index is 0.273. The zero-order valence-electron chi connectivity index (χ0n) is 16.9. The largest absolute Gasteiger partial charge is 0.253 e. The van der Waals surface area contributed by atoms with Crippen molar-refractivity contribution in [1.29, 1.82) is 0 Å². The summed E-state index contributed by atoms with van der Waals surface area (Å²) in [6.07, 6.45) is 5.46. The molecule has 0 saturated carbocycles. The third-order valence-corrected chi connectivity index (χ3v) is 7.18. The smallest absolute Gasteiger partial charge is 0.243 e. The minimum atomic E-state index is -3.51. The highest BCUT2D eigenvalue weighted by Crippen LogP contribution is 2.27. The Kier molecular flexibility index (Phi) is 7.51. The average molecular weight is 441 g/mol. The van der Waals surface area contributed by atoms with Crippen molar-refractivity contribution in [2.75, 3.05) is 18.5 Å². The molecule has 1 N–H and O–H groups in total. The molecule has 0 bridgehead atoms. The quantitative estimate of drug-likeness (QED) is 0.377. The lowest BCUT2D eigenvalue weighted by Gasteiger charge is -2.18. The van der Waals surface area contributed by atoms with E-state index in [-0.39, 0.29) is 4.90 Å². The molecule has 0 atom stereocenters. The molecule has 0 spiro atoms. The Morgan fingerprint density at radius 3 is 2.60 bits per heavy atom. The monoisotopic (exact) mass is 440 g/mol. The Bertz CT molecular complexity index is 1120. The second-order valence-corrected chi connectivity index (χ2v) is 9.11. The summed E-state index contributed by atoms with van der Waals surface area (Å²) in [6, 6.07) is 16.8. The van der Waals surface area contributed by atoms with Gasteiger partial charge in [0.15, 0.2) is 0 Å². The topological polar surface area (TPSA) is 74.7 Å². The van der Waals surface area contributed by atoms with Gasteiger partial charge in [0.05, 0.1) is 10.6 Å². The summed E-state index contributed by atoms with van der Waals surface area (Å²) < 4.78 is 27.0. The highest BCUT2D eigenvalue weighted by atomic mass is 32.2. The summed E-state index contributed by atoms with van der Waals surface area (Å²) in [5.74, 6) is 0. The van der Waals surface area contributed by atoms with Gasteiger partial charge in [-0.2, -0.15) is 9.41 Å². The van der Waals surface area contributed by atoms with Crippen molar-refractivity contribution in [3.05, 3.63) is 71.6 Å². The summed E-state index contributed by atoms with van der Waals surface area (Å²) >= 11 is 1.41. The molecule has 8 heteroatoms. The van der Waals surface area contributed by atoms with Crippen LogP contribution in [-0.2, 0) is 10.0 Å². The minimum Gasteiger partial charge on any atom is -0.253 e. The fraction of sp³-hybridized carbons (Fsp3) is 0.182. The van der Waals surface area contributed by atoms with Crippen LogP contribution in [0.25, 0.3) is 17.3 Å². The zero-order valence-corrected chi connectivity index (χ0v) is 18.5. The normalized spacial score (nSPS) is 12.2. The van der Waals surface area contributed by atoms with Crippen LogP contribution in [0.5, 0.6) is 0 Å². The van der Waals surface area contributed by atoms with Gasteiger partial charge in [0.1, 0.15) is 0 Å². The molecule has 2 aromatic carbocycles. The van der Waals surface area contributed by atoms with E-state index in [4.69, 9.17) is 0 Å². The van der Waals surface area contributed by atoms with Gasteiger partial charge in [-0.25, -0.2) is 13.4 Å². The van der Waals surface area contributed by atoms with Gasteiger partial charge in [0.25, 0.3) is 0 Å². The van der Waals surface area contributed by atoms with Crippen LogP contribution in [0.15, 0.2) is 76.1 Å². The van der Waals surface area contributed by atoms with E-state index in [1.165, 1.54) is 15.6 Å². The number of hydrogen-bond donors (Lipinski definition) is 1. The maximum absolute atomic E-state index is 12.8. The van der Waals surface area contributed by atoms with Crippen molar-refractivity contribution in [2.24, 2.45) is 5.10 Å². The maximum Gasteiger partial charge on any atom is 0.243 e.